The van der Waals surface area contributed by atoms with E-state index in [4.69, 9.17) is 4.52 Å². The lowest BCUT2D eigenvalue weighted by Crippen LogP contribution is -2.41. The number of aromatic nitrogens is 3. The molecule has 0 spiro atoms. The van der Waals surface area contributed by atoms with Gasteiger partial charge in [-0.3, -0.25) is 4.79 Å². The molecule has 0 radical (unpaired) electrons. The summed E-state index contributed by atoms with van der Waals surface area (Å²) in [6, 6.07) is 5.30. The minimum absolute atomic E-state index is 0.123. The van der Waals surface area contributed by atoms with Crippen molar-refractivity contribution in [3.05, 3.63) is 40.7 Å². The predicted octanol–water partition coefficient (Wildman–Crippen LogP) is 4.12. The van der Waals surface area contributed by atoms with Crippen LogP contribution >= 0.6 is 11.3 Å². The second kappa shape index (κ2) is 9.20. The van der Waals surface area contributed by atoms with E-state index in [2.05, 4.69) is 20.4 Å². The van der Waals surface area contributed by atoms with E-state index in [-0.39, 0.29) is 16.7 Å². The lowest BCUT2D eigenvalue weighted by atomic mass is 9.85. The predicted molar refractivity (Wildman–Crippen MR) is 128 cm³/mol. The van der Waals surface area contributed by atoms with E-state index in [0.717, 1.165) is 18.4 Å². The van der Waals surface area contributed by atoms with Crippen LogP contribution in [0.25, 0.3) is 10.7 Å². The van der Waals surface area contributed by atoms with Crippen LogP contribution in [0.15, 0.2) is 33.8 Å². The van der Waals surface area contributed by atoms with Crippen LogP contribution in [-0.4, -0.2) is 46.8 Å². The van der Waals surface area contributed by atoms with Gasteiger partial charge in [0, 0.05) is 36.0 Å². The first-order valence-electron chi connectivity index (χ1n) is 11.5. The van der Waals surface area contributed by atoms with E-state index in [1.54, 1.807) is 25.3 Å². The number of anilines is 1. The van der Waals surface area contributed by atoms with Gasteiger partial charge in [0.15, 0.2) is 0 Å². The Morgan fingerprint density at radius 2 is 1.94 bits per heavy atom. The van der Waals surface area contributed by atoms with Crippen molar-refractivity contribution < 1.29 is 17.7 Å². The summed E-state index contributed by atoms with van der Waals surface area (Å²) in [5, 5.41) is 6.91. The molecule has 1 aliphatic heterocycles. The number of nitrogens with zero attached hydrogens (tertiary/aromatic N) is 4. The average molecular weight is 502 g/mol. The number of thiophene rings is 1. The summed E-state index contributed by atoms with van der Waals surface area (Å²) >= 11 is 1.35. The summed E-state index contributed by atoms with van der Waals surface area (Å²) in [5.41, 5.74) is 1.02. The lowest BCUT2D eigenvalue weighted by molar-refractivity contribution is -0.120. The molecule has 0 aromatic carbocycles. The Bertz CT molecular complexity index is 1290. The average Bonchev–Trinajstić information content (AvgIpc) is 3.41. The Balaban J connectivity index is 1.24. The number of pyridine rings is 1. The molecule has 4 heterocycles. The molecule has 11 heteroatoms. The van der Waals surface area contributed by atoms with Crippen molar-refractivity contribution in [2.45, 2.75) is 56.8 Å². The van der Waals surface area contributed by atoms with E-state index in [0.29, 0.717) is 59.1 Å². The van der Waals surface area contributed by atoms with E-state index in [1.165, 1.54) is 22.1 Å². The van der Waals surface area contributed by atoms with Crippen LogP contribution < -0.4 is 5.32 Å². The largest absolute Gasteiger partial charge is 0.339 e. The molecule has 0 bridgehead atoms. The fourth-order valence-corrected chi connectivity index (χ4v) is 7.21. The molecule has 2 fully saturated rings. The number of sulfonamides is 1. The molecule has 0 unspecified atom stereocenters. The van der Waals surface area contributed by atoms with E-state index >= 15 is 0 Å². The molecule has 1 saturated heterocycles. The van der Waals surface area contributed by atoms with E-state index in [1.807, 2.05) is 13.0 Å². The number of piperidine rings is 1. The summed E-state index contributed by atoms with van der Waals surface area (Å²) in [5.74, 6) is 1.54. The molecule has 3 aromatic rings. The van der Waals surface area contributed by atoms with Gasteiger partial charge in [0.05, 0.1) is 9.77 Å². The zero-order chi connectivity index (χ0) is 23.9. The van der Waals surface area contributed by atoms with Crippen molar-refractivity contribution in [1.82, 2.24) is 19.4 Å². The van der Waals surface area contributed by atoms with Gasteiger partial charge < -0.3 is 9.84 Å². The van der Waals surface area contributed by atoms with Crippen molar-refractivity contribution >= 4 is 33.1 Å². The zero-order valence-corrected chi connectivity index (χ0v) is 20.8. The third kappa shape index (κ3) is 4.51. The van der Waals surface area contributed by atoms with Crippen LogP contribution in [0.1, 0.15) is 54.4 Å². The number of carbonyl (C=O) groups excluding carboxylic acids is 1. The molecule has 2 aliphatic rings. The van der Waals surface area contributed by atoms with Crippen molar-refractivity contribution in [2.24, 2.45) is 5.92 Å². The first-order chi connectivity index (χ1) is 16.3. The maximum absolute atomic E-state index is 13.4. The highest BCUT2D eigenvalue weighted by Crippen LogP contribution is 2.38. The highest BCUT2D eigenvalue weighted by Gasteiger charge is 2.34. The number of nitrogens with one attached hydrogen (secondary N) is 1. The summed E-state index contributed by atoms with van der Waals surface area (Å²) in [6.45, 7) is 4.31. The van der Waals surface area contributed by atoms with Gasteiger partial charge in [-0.1, -0.05) is 17.6 Å². The molecular weight excluding hydrogens is 474 g/mol. The number of aryl methyl sites for hydroxylation is 2. The fraction of sp³-hybridized carbons (Fsp3) is 0.478. The Morgan fingerprint density at radius 3 is 2.59 bits per heavy atom. The van der Waals surface area contributed by atoms with Crippen LogP contribution in [-0.2, 0) is 14.8 Å². The molecule has 5 rings (SSSR count). The van der Waals surface area contributed by atoms with E-state index in [9.17, 15) is 13.2 Å². The topological polar surface area (TPSA) is 118 Å². The van der Waals surface area contributed by atoms with Crippen LogP contribution in [0.3, 0.4) is 0 Å². The van der Waals surface area contributed by atoms with Crippen LogP contribution in [0, 0.1) is 19.8 Å². The summed E-state index contributed by atoms with van der Waals surface area (Å²) in [6.07, 6.45) is 5.90. The normalized spacial score (nSPS) is 18.1. The fourth-order valence-electron chi connectivity index (χ4n) is 4.26. The van der Waals surface area contributed by atoms with E-state index < -0.39 is 10.0 Å². The highest BCUT2D eigenvalue weighted by molar-refractivity contribution is 7.89. The molecule has 1 aliphatic carbocycles. The second-order valence-electron chi connectivity index (χ2n) is 9.00. The number of hydrogen-bond donors (Lipinski definition) is 1. The summed E-state index contributed by atoms with van der Waals surface area (Å²) < 4.78 is 33.6. The Kier molecular flexibility index (Phi) is 6.26. The number of amides is 1. The van der Waals surface area contributed by atoms with Gasteiger partial charge in [-0.25, -0.2) is 13.4 Å². The quantitative estimate of drug-likeness (QED) is 0.540. The van der Waals surface area contributed by atoms with Gasteiger partial charge in [-0.15, -0.1) is 11.3 Å². The van der Waals surface area contributed by atoms with Crippen molar-refractivity contribution in [3.8, 4) is 10.7 Å². The Hall–Kier alpha value is -2.63. The molecule has 3 aromatic heterocycles. The summed E-state index contributed by atoms with van der Waals surface area (Å²) in [7, 11) is -3.68. The van der Waals surface area contributed by atoms with Crippen molar-refractivity contribution in [3.63, 3.8) is 0 Å². The number of rotatable bonds is 6. The van der Waals surface area contributed by atoms with Gasteiger partial charge in [-0.2, -0.15) is 9.29 Å². The van der Waals surface area contributed by atoms with Gasteiger partial charge in [0.2, 0.25) is 27.6 Å². The molecule has 180 valence electrons. The molecule has 9 nitrogen and oxygen atoms in total. The third-order valence-corrected chi connectivity index (χ3v) is 9.79. The second-order valence-corrected chi connectivity index (χ2v) is 12.2. The minimum Gasteiger partial charge on any atom is -0.339 e. The van der Waals surface area contributed by atoms with Crippen LogP contribution in [0.2, 0.25) is 0 Å². The monoisotopic (exact) mass is 501 g/mol. The van der Waals surface area contributed by atoms with Crippen LogP contribution in [0.4, 0.5) is 5.82 Å². The van der Waals surface area contributed by atoms with Crippen molar-refractivity contribution in [2.75, 3.05) is 18.4 Å². The maximum Gasteiger partial charge on any atom is 0.244 e. The molecule has 1 N–H and O–H groups in total. The SMILES string of the molecule is Cc1ccc(NC(=O)C2CCN(S(=O)(=O)c3cc(-c4noc(C5CCC5)n4)sc3C)CC2)nc1. The maximum atomic E-state index is 13.4. The summed E-state index contributed by atoms with van der Waals surface area (Å²) in [4.78, 5) is 23.0. The first-order valence-corrected chi connectivity index (χ1v) is 13.7. The molecule has 34 heavy (non-hydrogen) atoms. The Labute approximate surface area is 202 Å². The van der Waals surface area contributed by atoms with Gasteiger partial charge in [0.25, 0.3) is 0 Å². The third-order valence-electron chi connectivity index (χ3n) is 6.59. The Morgan fingerprint density at radius 1 is 1.18 bits per heavy atom. The first kappa shape index (κ1) is 23.1. The molecule has 0 atom stereocenters. The minimum atomic E-state index is -3.68. The van der Waals surface area contributed by atoms with Gasteiger partial charge in [0.1, 0.15) is 5.82 Å². The van der Waals surface area contributed by atoms with Crippen molar-refractivity contribution in [1.29, 1.82) is 0 Å². The standard InChI is InChI=1S/C23H27N5O4S2/c1-14-6-7-20(24-13-14)25-22(29)16-8-10-28(11-9-16)34(30,31)19-12-18(33-15(19)2)21-26-23(32-27-21)17-4-3-5-17/h6-7,12-13,16-17H,3-5,8-11H2,1-2H3,(H,24,25,29). The molecule has 1 amide bonds. The number of carbonyl (C=O) groups is 1. The molecular formula is C23H27N5O4S2. The highest BCUT2D eigenvalue weighted by atomic mass is 32.2. The zero-order valence-electron chi connectivity index (χ0n) is 19.2. The van der Waals surface area contributed by atoms with Crippen LogP contribution in [0.5, 0.6) is 0 Å². The lowest BCUT2D eigenvalue weighted by Gasteiger charge is -2.30. The smallest absolute Gasteiger partial charge is 0.244 e. The van der Waals surface area contributed by atoms with Gasteiger partial charge >= 0.3 is 0 Å². The molecule has 1 saturated carbocycles. The van der Waals surface area contributed by atoms with Gasteiger partial charge in [-0.05, 0) is 57.2 Å². The number of hydrogen-bond acceptors (Lipinski definition) is 8.